The van der Waals surface area contributed by atoms with Crippen LogP contribution < -0.4 is 15.4 Å². The fourth-order valence-electron chi connectivity index (χ4n) is 1.88. The van der Waals surface area contributed by atoms with Gasteiger partial charge in [-0.25, -0.2) is 0 Å². The number of anilines is 1. The molecule has 1 aromatic rings. The molecule has 1 aliphatic rings. The highest BCUT2D eigenvalue weighted by Crippen LogP contribution is 2.30. The molecule has 0 saturated heterocycles. The third-order valence-corrected chi connectivity index (χ3v) is 2.94. The topological polar surface area (TPSA) is 67.4 Å². The average Bonchev–Trinajstić information content (AvgIpc) is 2.38. The van der Waals surface area contributed by atoms with Gasteiger partial charge in [0.25, 0.3) is 5.91 Å². The first-order valence-electron chi connectivity index (χ1n) is 6.47. The molecule has 0 saturated carbocycles. The summed E-state index contributed by atoms with van der Waals surface area (Å²) in [6.45, 7) is 4.13. The van der Waals surface area contributed by atoms with Crippen LogP contribution in [-0.2, 0) is 16.1 Å². The number of fused-ring (bicyclic) bond motifs is 1. The summed E-state index contributed by atoms with van der Waals surface area (Å²) >= 11 is 0. The molecule has 1 atom stereocenters. The molecular formula is C14H18N2O3. The molecule has 0 aromatic heterocycles. The lowest BCUT2D eigenvalue weighted by molar-refractivity contribution is -0.123. The van der Waals surface area contributed by atoms with Gasteiger partial charge in [0, 0.05) is 13.0 Å². The molecule has 0 spiro atoms. The van der Waals surface area contributed by atoms with Crippen molar-refractivity contribution >= 4 is 17.5 Å². The summed E-state index contributed by atoms with van der Waals surface area (Å²) in [6.07, 6.45) is 0.891. The number of rotatable bonds is 4. The third-order valence-electron chi connectivity index (χ3n) is 2.94. The normalized spacial score (nSPS) is 17.2. The number of benzene rings is 1. The SMILES string of the molecule is CCCC(=O)NCc1ccc2c(c1)NC(=O)C(C)O2. The van der Waals surface area contributed by atoms with Crippen molar-refractivity contribution in [3.63, 3.8) is 0 Å². The van der Waals surface area contributed by atoms with Gasteiger partial charge in [0.15, 0.2) is 6.10 Å². The zero-order chi connectivity index (χ0) is 13.8. The van der Waals surface area contributed by atoms with Gasteiger partial charge >= 0.3 is 0 Å². The van der Waals surface area contributed by atoms with E-state index in [-0.39, 0.29) is 11.8 Å². The summed E-state index contributed by atoms with van der Waals surface area (Å²) in [6, 6.07) is 5.52. The maximum absolute atomic E-state index is 11.5. The minimum Gasteiger partial charge on any atom is -0.479 e. The Balaban J connectivity index is 2.03. The highest BCUT2D eigenvalue weighted by atomic mass is 16.5. The molecule has 0 bridgehead atoms. The van der Waals surface area contributed by atoms with Crippen LogP contribution >= 0.6 is 0 Å². The Hall–Kier alpha value is -2.04. The molecule has 2 N–H and O–H groups in total. The van der Waals surface area contributed by atoms with Crippen molar-refractivity contribution in [3.8, 4) is 5.75 Å². The maximum Gasteiger partial charge on any atom is 0.265 e. The lowest BCUT2D eigenvalue weighted by Crippen LogP contribution is -2.34. The first kappa shape index (κ1) is 13.4. The largest absolute Gasteiger partial charge is 0.479 e. The Bertz CT molecular complexity index is 499. The lowest BCUT2D eigenvalue weighted by Gasteiger charge is -2.23. The van der Waals surface area contributed by atoms with Crippen LogP contribution in [0.5, 0.6) is 5.75 Å². The standard InChI is InChI=1S/C14H18N2O3/c1-3-4-13(17)15-8-10-5-6-12-11(7-10)16-14(18)9(2)19-12/h5-7,9H,3-4,8H2,1-2H3,(H,15,17)(H,16,18). The third kappa shape index (κ3) is 3.24. The second kappa shape index (κ2) is 5.73. The highest BCUT2D eigenvalue weighted by Gasteiger charge is 2.23. The average molecular weight is 262 g/mol. The Morgan fingerprint density at radius 3 is 3.00 bits per heavy atom. The minimum absolute atomic E-state index is 0.0362. The number of carbonyl (C=O) groups excluding carboxylic acids is 2. The lowest BCUT2D eigenvalue weighted by atomic mass is 10.1. The van der Waals surface area contributed by atoms with Gasteiger partial charge in [-0.15, -0.1) is 0 Å². The first-order chi connectivity index (χ1) is 9.10. The Labute approximate surface area is 112 Å². The molecule has 2 rings (SSSR count). The quantitative estimate of drug-likeness (QED) is 0.869. The summed E-state index contributed by atoms with van der Waals surface area (Å²) < 4.78 is 5.46. The molecular weight excluding hydrogens is 244 g/mol. The van der Waals surface area contributed by atoms with Crippen molar-refractivity contribution in [1.29, 1.82) is 0 Å². The van der Waals surface area contributed by atoms with E-state index in [9.17, 15) is 9.59 Å². The minimum atomic E-state index is -0.470. The molecule has 1 unspecified atom stereocenters. The van der Waals surface area contributed by atoms with Crippen LogP contribution in [0.2, 0.25) is 0 Å². The van der Waals surface area contributed by atoms with Gasteiger partial charge in [-0.05, 0) is 31.0 Å². The van der Waals surface area contributed by atoms with Crippen molar-refractivity contribution in [1.82, 2.24) is 5.32 Å². The van der Waals surface area contributed by atoms with Gasteiger partial charge in [0.1, 0.15) is 5.75 Å². The number of amides is 2. The van der Waals surface area contributed by atoms with Gasteiger partial charge in [-0.1, -0.05) is 13.0 Å². The molecule has 0 radical (unpaired) electrons. The maximum atomic E-state index is 11.5. The highest BCUT2D eigenvalue weighted by molar-refractivity contribution is 5.97. The molecule has 5 nitrogen and oxygen atoms in total. The number of hydrogen-bond donors (Lipinski definition) is 2. The van der Waals surface area contributed by atoms with E-state index in [1.54, 1.807) is 6.92 Å². The predicted octanol–water partition coefficient (Wildman–Crippen LogP) is 1.82. The van der Waals surface area contributed by atoms with E-state index in [0.717, 1.165) is 12.0 Å². The zero-order valence-electron chi connectivity index (χ0n) is 11.2. The molecule has 0 fully saturated rings. The van der Waals surface area contributed by atoms with Crippen molar-refractivity contribution in [3.05, 3.63) is 23.8 Å². The number of ether oxygens (including phenoxy) is 1. The van der Waals surface area contributed by atoms with Crippen LogP contribution in [0.25, 0.3) is 0 Å². The van der Waals surface area contributed by atoms with Gasteiger partial charge in [-0.2, -0.15) is 0 Å². The van der Waals surface area contributed by atoms with Crippen LogP contribution in [0.15, 0.2) is 18.2 Å². The Morgan fingerprint density at radius 1 is 1.47 bits per heavy atom. The molecule has 5 heteroatoms. The molecule has 0 aliphatic carbocycles. The summed E-state index contributed by atoms with van der Waals surface area (Å²) in [5.41, 5.74) is 1.59. The molecule has 1 heterocycles. The van der Waals surface area contributed by atoms with Gasteiger partial charge in [0.2, 0.25) is 5.91 Å². The summed E-state index contributed by atoms with van der Waals surface area (Å²) in [7, 11) is 0. The van der Waals surface area contributed by atoms with E-state index >= 15 is 0 Å². The van der Waals surface area contributed by atoms with Crippen LogP contribution in [0.4, 0.5) is 5.69 Å². The number of carbonyl (C=O) groups is 2. The fourth-order valence-corrected chi connectivity index (χ4v) is 1.88. The van der Waals surface area contributed by atoms with E-state index < -0.39 is 6.10 Å². The van der Waals surface area contributed by atoms with E-state index in [1.807, 2.05) is 25.1 Å². The van der Waals surface area contributed by atoms with Gasteiger partial charge in [0.05, 0.1) is 5.69 Å². The van der Waals surface area contributed by atoms with Gasteiger partial charge in [-0.3, -0.25) is 9.59 Å². The molecule has 1 aromatic carbocycles. The van der Waals surface area contributed by atoms with Crippen molar-refractivity contribution in [2.45, 2.75) is 39.3 Å². The van der Waals surface area contributed by atoms with Crippen molar-refractivity contribution in [2.24, 2.45) is 0 Å². The first-order valence-corrected chi connectivity index (χ1v) is 6.47. The number of nitrogens with one attached hydrogen (secondary N) is 2. The summed E-state index contributed by atoms with van der Waals surface area (Å²) in [5.74, 6) is 0.546. The van der Waals surface area contributed by atoms with Crippen LogP contribution in [0, 0.1) is 0 Å². The predicted molar refractivity (Wildman–Crippen MR) is 71.9 cm³/mol. The van der Waals surface area contributed by atoms with E-state index in [4.69, 9.17) is 4.74 Å². The summed E-state index contributed by atoms with van der Waals surface area (Å²) in [5, 5.41) is 5.62. The Kier molecular flexibility index (Phi) is 4.04. The smallest absolute Gasteiger partial charge is 0.265 e. The van der Waals surface area contributed by atoms with Crippen LogP contribution in [0.1, 0.15) is 32.3 Å². The monoisotopic (exact) mass is 262 g/mol. The molecule has 1 aliphatic heterocycles. The van der Waals surface area contributed by atoms with E-state index in [1.165, 1.54) is 0 Å². The molecule has 102 valence electrons. The van der Waals surface area contributed by atoms with Crippen LogP contribution in [-0.4, -0.2) is 17.9 Å². The van der Waals surface area contributed by atoms with Gasteiger partial charge < -0.3 is 15.4 Å². The van der Waals surface area contributed by atoms with Crippen molar-refractivity contribution < 1.29 is 14.3 Å². The zero-order valence-corrected chi connectivity index (χ0v) is 11.2. The van der Waals surface area contributed by atoms with Crippen LogP contribution in [0.3, 0.4) is 0 Å². The number of hydrogen-bond acceptors (Lipinski definition) is 3. The molecule has 19 heavy (non-hydrogen) atoms. The second-order valence-corrected chi connectivity index (χ2v) is 4.61. The molecule has 2 amide bonds. The van der Waals surface area contributed by atoms with Crippen molar-refractivity contribution in [2.75, 3.05) is 5.32 Å². The second-order valence-electron chi connectivity index (χ2n) is 4.61. The Morgan fingerprint density at radius 2 is 2.26 bits per heavy atom. The fraction of sp³-hybridized carbons (Fsp3) is 0.429. The van der Waals surface area contributed by atoms with E-state index in [0.29, 0.717) is 24.4 Å². The summed E-state index contributed by atoms with van der Waals surface area (Å²) in [4.78, 5) is 22.9. The van der Waals surface area contributed by atoms with E-state index in [2.05, 4.69) is 10.6 Å².